The lowest BCUT2D eigenvalue weighted by molar-refractivity contribution is -0.144. The molecule has 0 fully saturated rings. The van der Waals surface area contributed by atoms with Gasteiger partial charge in [0.05, 0.1) is 12.7 Å². The van der Waals surface area contributed by atoms with Crippen LogP contribution >= 0.6 is 0 Å². The van der Waals surface area contributed by atoms with Crippen LogP contribution in [0.4, 0.5) is 0 Å². The zero-order valence-electron chi connectivity index (χ0n) is 20.1. The monoisotopic (exact) mass is 466 g/mol. The Bertz CT molecular complexity index is 1470. The van der Waals surface area contributed by atoms with Crippen LogP contribution in [0, 0.1) is 13.8 Å². The number of aromatic amines is 1. The van der Waals surface area contributed by atoms with Gasteiger partial charge in [-0.2, -0.15) is 0 Å². The van der Waals surface area contributed by atoms with Crippen molar-refractivity contribution in [1.29, 1.82) is 0 Å². The highest BCUT2D eigenvalue weighted by Crippen LogP contribution is 2.25. The van der Waals surface area contributed by atoms with Gasteiger partial charge in [-0.15, -0.1) is 0 Å². The molecular formula is C25H30N4O5. The smallest absolute Gasteiger partial charge is 0.330 e. The molecule has 34 heavy (non-hydrogen) atoms. The first-order chi connectivity index (χ1) is 16.3. The van der Waals surface area contributed by atoms with Crippen molar-refractivity contribution in [1.82, 2.24) is 19.1 Å². The van der Waals surface area contributed by atoms with Gasteiger partial charge in [0, 0.05) is 24.0 Å². The topological polar surface area (TPSA) is 112 Å². The molecule has 0 saturated carbocycles. The van der Waals surface area contributed by atoms with E-state index in [0.29, 0.717) is 30.1 Å². The highest BCUT2D eigenvalue weighted by Gasteiger charge is 2.20. The van der Waals surface area contributed by atoms with Crippen molar-refractivity contribution in [3.05, 3.63) is 61.7 Å². The zero-order chi connectivity index (χ0) is 24.4. The molecule has 3 heterocycles. The fraction of sp³-hybridized carbons (Fsp3) is 0.440. The highest BCUT2D eigenvalue weighted by atomic mass is 16.5. The van der Waals surface area contributed by atoms with Gasteiger partial charge in [0.25, 0.3) is 5.56 Å². The van der Waals surface area contributed by atoms with Crippen molar-refractivity contribution in [2.75, 3.05) is 0 Å². The largest absolute Gasteiger partial charge is 0.464 e. The van der Waals surface area contributed by atoms with Crippen molar-refractivity contribution < 1.29 is 13.9 Å². The normalized spacial score (nSPS) is 11.5. The van der Waals surface area contributed by atoms with Gasteiger partial charge in [-0.25, -0.2) is 9.78 Å². The first kappa shape index (κ1) is 23.5. The maximum absolute atomic E-state index is 12.7. The molecule has 0 aliphatic rings. The van der Waals surface area contributed by atoms with Gasteiger partial charge in [0.15, 0.2) is 11.2 Å². The van der Waals surface area contributed by atoms with Crippen LogP contribution in [0.5, 0.6) is 0 Å². The van der Waals surface area contributed by atoms with E-state index in [1.54, 1.807) is 10.8 Å². The third kappa shape index (κ3) is 4.42. The summed E-state index contributed by atoms with van der Waals surface area (Å²) in [5.74, 6) is 0.0170. The molecule has 0 aliphatic carbocycles. The predicted molar refractivity (Wildman–Crippen MR) is 129 cm³/mol. The molecule has 4 rings (SSSR count). The van der Waals surface area contributed by atoms with Crippen LogP contribution in [0.25, 0.3) is 22.1 Å². The molecule has 0 saturated heterocycles. The number of fused-ring (bicyclic) bond motifs is 2. The average Bonchev–Trinajstić information content (AvgIpc) is 3.34. The van der Waals surface area contributed by atoms with Gasteiger partial charge in [-0.3, -0.25) is 19.1 Å². The summed E-state index contributed by atoms with van der Waals surface area (Å²) < 4.78 is 14.4. The van der Waals surface area contributed by atoms with E-state index in [1.165, 1.54) is 4.57 Å². The molecule has 0 spiro atoms. The molecule has 1 aromatic carbocycles. The minimum atomic E-state index is -0.484. The van der Waals surface area contributed by atoms with E-state index in [4.69, 9.17) is 9.15 Å². The summed E-state index contributed by atoms with van der Waals surface area (Å²) in [4.78, 5) is 44.6. The third-order valence-electron chi connectivity index (χ3n) is 6.11. The maximum atomic E-state index is 12.7. The number of H-pyrrole nitrogens is 1. The molecule has 0 aliphatic heterocycles. The molecule has 0 bridgehead atoms. The van der Waals surface area contributed by atoms with Crippen molar-refractivity contribution in [3.8, 4) is 0 Å². The Kier molecular flexibility index (Phi) is 6.72. The second kappa shape index (κ2) is 9.70. The molecule has 9 nitrogen and oxygen atoms in total. The number of carbonyl (C=O) groups excluding carboxylic acids is 1. The summed E-state index contributed by atoms with van der Waals surface area (Å²) in [5.41, 5.74) is 3.43. The molecule has 0 atom stereocenters. The Morgan fingerprint density at radius 2 is 1.85 bits per heavy atom. The summed E-state index contributed by atoms with van der Waals surface area (Å²) in [6.07, 6.45) is 4.08. The molecule has 0 unspecified atom stereocenters. The van der Waals surface area contributed by atoms with Crippen LogP contribution in [0.3, 0.4) is 0 Å². The summed E-state index contributed by atoms with van der Waals surface area (Å²) in [7, 11) is 0. The summed E-state index contributed by atoms with van der Waals surface area (Å²) >= 11 is 0. The number of carbonyl (C=O) groups is 1. The molecular weight excluding hydrogens is 436 g/mol. The Morgan fingerprint density at radius 1 is 1.09 bits per heavy atom. The Balaban J connectivity index is 1.60. The number of imidazole rings is 1. The first-order valence-corrected chi connectivity index (χ1v) is 11.7. The van der Waals surface area contributed by atoms with Gasteiger partial charge < -0.3 is 13.7 Å². The maximum Gasteiger partial charge on any atom is 0.330 e. The number of hydrogen-bond acceptors (Lipinski definition) is 6. The third-order valence-corrected chi connectivity index (χ3v) is 6.11. The van der Waals surface area contributed by atoms with Gasteiger partial charge in [-0.05, 0) is 49.9 Å². The summed E-state index contributed by atoms with van der Waals surface area (Å²) in [6, 6.07) is 3.97. The standard InChI is InChI=1S/C25H30N4O5/c1-5-7-9-29-23-22(24(31)27-25(29)32)28(8-6-2)20(26-23)14-34-21(30)12-17-13-33-19-11-16(4)15(3)10-18(17)19/h10-11,13H,5-9,12,14H2,1-4H3,(H,27,31,32). The molecule has 0 amide bonds. The Hall–Kier alpha value is -3.62. The van der Waals surface area contributed by atoms with Crippen LogP contribution in [0.15, 0.2) is 32.4 Å². The van der Waals surface area contributed by atoms with Gasteiger partial charge >= 0.3 is 11.7 Å². The number of aryl methyl sites for hydroxylation is 4. The number of benzene rings is 1. The molecule has 4 aromatic rings. The van der Waals surface area contributed by atoms with Crippen molar-refractivity contribution in [2.24, 2.45) is 0 Å². The number of nitrogens with one attached hydrogen (secondary N) is 1. The minimum absolute atomic E-state index is 0.0608. The molecule has 1 N–H and O–H groups in total. The minimum Gasteiger partial charge on any atom is -0.464 e. The molecule has 3 aromatic heterocycles. The highest BCUT2D eigenvalue weighted by molar-refractivity contribution is 5.86. The molecule has 0 radical (unpaired) electrons. The van der Waals surface area contributed by atoms with Crippen LogP contribution in [-0.4, -0.2) is 25.1 Å². The second-order valence-electron chi connectivity index (χ2n) is 8.65. The Morgan fingerprint density at radius 3 is 2.59 bits per heavy atom. The van der Waals surface area contributed by atoms with Crippen LogP contribution in [0.2, 0.25) is 0 Å². The lowest BCUT2D eigenvalue weighted by Gasteiger charge is -2.08. The van der Waals surface area contributed by atoms with E-state index in [0.717, 1.165) is 46.9 Å². The van der Waals surface area contributed by atoms with E-state index in [1.807, 2.05) is 39.8 Å². The van der Waals surface area contributed by atoms with E-state index < -0.39 is 17.2 Å². The number of furan rings is 1. The fourth-order valence-electron chi connectivity index (χ4n) is 4.14. The molecule has 180 valence electrons. The van der Waals surface area contributed by atoms with Gasteiger partial charge in [-0.1, -0.05) is 20.3 Å². The van der Waals surface area contributed by atoms with Crippen LogP contribution < -0.4 is 11.2 Å². The lowest BCUT2D eigenvalue weighted by Crippen LogP contribution is -2.31. The Labute approximate surface area is 196 Å². The predicted octanol–water partition coefficient (Wildman–Crippen LogP) is 3.75. The summed E-state index contributed by atoms with van der Waals surface area (Å²) in [6.45, 7) is 8.92. The number of unbranched alkanes of at least 4 members (excludes halogenated alkanes) is 1. The second-order valence-corrected chi connectivity index (χ2v) is 8.65. The van der Waals surface area contributed by atoms with Crippen LogP contribution in [0.1, 0.15) is 55.6 Å². The first-order valence-electron chi connectivity index (χ1n) is 11.7. The van der Waals surface area contributed by atoms with Gasteiger partial charge in [0.2, 0.25) is 0 Å². The number of ether oxygens (including phenoxy) is 1. The number of aromatic nitrogens is 4. The van der Waals surface area contributed by atoms with Crippen molar-refractivity contribution in [3.63, 3.8) is 0 Å². The zero-order valence-corrected chi connectivity index (χ0v) is 20.1. The number of esters is 1. The lowest BCUT2D eigenvalue weighted by atomic mass is 10.0. The number of hydrogen-bond donors (Lipinski definition) is 1. The summed E-state index contributed by atoms with van der Waals surface area (Å²) in [5, 5.41) is 0.893. The van der Waals surface area contributed by atoms with Crippen molar-refractivity contribution >= 4 is 28.1 Å². The van der Waals surface area contributed by atoms with Gasteiger partial charge in [0.1, 0.15) is 18.0 Å². The van der Waals surface area contributed by atoms with E-state index in [9.17, 15) is 14.4 Å². The van der Waals surface area contributed by atoms with Crippen molar-refractivity contribution in [2.45, 2.75) is 73.1 Å². The SMILES string of the molecule is CCCCn1c(=O)[nH]c(=O)c2c1nc(COC(=O)Cc1coc3cc(C)c(C)cc13)n2CCC. The van der Waals surface area contributed by atoms with E-state index >= 15 is 0 Å². The molecule has 9 heteroatoms. The quantitative estimate of drug-likeness (QED) is 0.376. The van der Waals surface area contributed by atoms with Crippen LogP contribution in [-0.2, 0) is 35.6 Å². The number of rotatable bonds is 9. The van der Waals surface area contributed by atoms with E-state index in [2.05, 4.69) is 9.97 Å². The average molecular weight is 467 g/mol. The number of nitrogens with zero attached hydrogens (tertiary/aromatic N) is 3. The van der Waals surface area contributed by atoms with E-state index in [-0.39, 0.29) is 13.0 Å². The fourth-order valence-corrected chi connectivity index (χ4v) is 4.14.